The highest BCUT2D eigenvalue weighted by atomic mass is 32.2. The lowest BCUT2D eigenvalue weighted by molar-refractivity contribution is -0.120. The van der Waals surface area contributed by atoms with Crippen LogP contribution in [0, 0.1) is 5.92 Å². The number of nitrogens with zero attached hydrogens (tertiary/aromatic N) is 1. The molecule has 202 valence electrons. The molecule has 0 bridgehead atoms. The fourth-order valence-corrected chi connectivity index (χ4v) is 7.50. The minimum absolute atomic E-state index is 0.0651. The predicted octanol–water partition coefficient (Wildman–Crippen LogP) is 4.74. The Morgan fingerprint density at radius 1 is 1.13 bits per heavy atom. The Morgan fingerprint density at radius 3 is 2.55 bits per heavy atom. The molecule has 5 rings (SSSR count). The van der Waals surface area contributed by atoms with E-state index in [0.29, 0.717) is 17.9 Å². The van der Waals surface area contributed by atoms with Crippen molar-refractivity contribution in [2.24, 2.45) is 10.3 Å². The molecule has 9 nitrogen and oxygen atoms in total. The van der Waals surface area contributed by atoms with Crippen LogP contribution in [-0.4, -0.2) is 39.8 Å². The number of sulfonamides is 2. The van der Waals surface area contributed by atoms with Crippen molar-refractivity contribution >= 4 is 48.8 Å². The molecule has 2 aromatic rings. The van der Waals surface area contributed by atoms with E-state index in [1.165, 1.54) is 37.5 Å². The lowest BCUT2D eigenvalue weighted by Crippen LogP contribution is -2.42. The Morgan fingerprint density at radius 2 is 1.84 bits per heavy atom. The number of carbonyl (C=O) groups excluding carboxylic acids is 1. The summed E-state index contributed by atoms with van der Waals surface area (Å²) in [5, 5.41) is 14.2. The van der Waals surface area contributed by atoms with Crippen LogP contribution in [0.2, 0.25) is 0 Å². The first-order valence-corrected chi connectivity index (χ1v) is 16.0. The number of rotatable bonds is 6. The summed E-state index contributed by atoms with van der Waals surface area (Å²) in [5.41, 5.74) is 0.266. The lowest BCUT2D eigenvalue weighted by atomic mass is 9.66. The number of anilines is 2. The normalized spacial score (nSPS) is 23.2. The van der Waals surface area contributed by atoms with Gasteiger partial charge < -0.3 is 10.4 Å². The second-order valence-corrected chi connectivity index (χ2v) is 13.9. The molecule has 0 amide bonds. The largest absolute Gasteiger partial charge is 0.506 e. The van der Waals surface area contributed by atoms with Crippen molar-refractivity contribution in [3.8, 4) is 0 Å². The van der Waals surface area contributed by atoms with Crippen molar-refractivity contribution < 1.29 is 26.7 Å². The molecule has 1 saturated carbocycles. The zero-order valence-electron chi connectivity index (χ0n) is 21.3. The van der Waals surface area contributed by atoms with Crippen LogP contribution >= 0.6 is 0 Å². The molecule has 3 N–H and O–H groups in total. The van der Waals surface area contributed by atoms with Crippen molar-refractivity contribution in [3.63, 3.8) is 0 Å². The first-order chi connectivity index (χ1) is 17.9. The highest BCUT2D eigenvalue weighted by Gasteiger charge is 2.46. The minimum Gasteiger partial charge on any atom is -0.506 e. The van der Waals surface area contributed by atoms with E-state index < -0.39 is 25.5 Å². The van der Waals surface area contributed by atoms with Gasteiger partial charge in [0, 0.05) is 11.3 Å². The van der Waals surface area contributed by atoms with Gasteiger partial charge >= 0.3 is 0 Å². The fourth-order valence-electron chi connectivity index (χ4n) is 5.79. The van der Waals surface area contributed by atoms with Gasteiger partial charge in [0.1, 0.15) is 16.2 Å². The van der Waals surface area contributed by atoms with Crippen LogP contribution in [0.3, 0.4) is 0 Å². The van der Waals surface area contributed by atoms with Crippen molar-refractivity contribution in [2.75, 3.05) is 16.3 Å². The molecule has 2 aromatic carbocycles. The van der Waals surface area contributed by atoms with Crippen LogP contribution in [0.25, 0.3) is 5.76 Å². The van der Waals surface area contributed by atoms with E-state index >= 15 is 0 Å². The number of Topliss-reactive ketones (excluding diaryl/α,β-unsaturated/α-hetero) is 1. The summed E-state index contributed by atoms with van der Waals surface area (Å²) >= 11 is 0. The van der Waals surface area contributed by atoms with E-state index in [0.717, 1.165) is 31.1 Å². The van der Waals surface area contributed by atoms with Crippen molar-refractivity contribution in [1.82, 2.24) is 0 Å². The van der Waals surface area contributed by atoms with Gasteiger partial charge in [-0.25, -0.2) is 8.42 Å². The number of hydrogen-bond acceptors (Lipinski definition) is 7. The Balaban J connectivity index is 1.55. The maximum atomic E-state index is 14.1. The molecule has 0 saturated heterocycles. The molecule has 11 heteroatoms. The summed E-state index contributed by atoms with van der Waals surface area (Å²) in [6.45, 7) is 1.86. The smallest absolute Gasteiger partial charge is 0.286 e. The van der Waals surface area contributed by atoms with Crippen molar-refractivity contribution in [1.29, 1.82) is 0 Å². The quantitative estimate of drug-likeness (QED) is 0.466. The molecule has 38 heavy (non-hydrogen) atoms. The van der Waals surface area contributed by atoms with Gasteiger partial charge in [-0.05, 0) is 49.4 Å². The van der Waals surface area contributed by atoms with Crippen LogP contribution in [0.1, 0.15) is 63.0 Å². The number of aliphatic hydroxyl groups is 1. The van der Waals surface area contributed by atoms with Gasteiger partial charge in [-0.1, -0.05) is 56.4 Å². The zero-order chi connectivity index (χ0) is 27.3. The van der Waals surface area contributed by atoms with E-state index in [2.05, 4.69) is 14.4 Å². The standard InChI is InChI=1S/C27H31N3O6S2/c1-27(15-14-17-8-4-3-5-9-17)20-11-7-6-10-19(20)24(31)23(25(27)32)26-28-21-13-12-18(29-37(2,33)34)16-22(21)38(35,36)30-26/h6-7,10-13,16-17,29,31H,3-5,8-9,14-15H2,1-2H3,(H,28,30). The Hall–Kier alpha value is -3.18. The fraction of sp³-hybridized carbons (Fsp3) is 0.407. The summed E-state index contributed by atoms with van der Waals surface area (Å²) in [5.74, 6) is -0.413. The van der Waals surface area contributed by atoms with Crippen LogP contribution in [0.4, 0.5) is 11.4 Å². The zero-order valence-corrected chi connectivity index (χ0v) is 23.0. The molecule has 0 radical (unpaired) electrons. The number of amidine groups is 1. The van der Waals surface area contributed by atoms with Crippen molar-refractivity contribution in [3.05, 3.63) is 59.2 Å². The number of carbonyl (C=O) groups is 1. The topological polar surface area (TPSA) is 142 Å². The average Bonchev–Trinajstić information content (AvgIpc) is 2.86. The number of nitrogens with one attached hydrogen (secondary N) is 2. The van der Waals surface area contributed by atoms with E-state index in [9.17, 15) is 26.7 Å². The summed E-state index contributed by atoms with van der Waals surface area (Å²) in [6, 6.07) is 11.1. The summed E-state index contributed by atoms with van der Waals surface area (Å²) in [4.78, 5) is 13.9. The molecule has 1 heterocycles. The van der Waals surface area contributed by atoms with Gasteiger partial charge in [0.05, 0.1) is 17.4 Å². The van der Waals surface area contributed by atoms with Crippen LogP contribution in [0.15, 0.2) is 57.3 Å². The second-order valence-electron chi connectivity index (χ2n) is 10.6. The number of benzene rings is 2. The van der Waals surface area contributed by atoms with E-state index in [1.54, 1.807) is 12.1 Å². The van der Waals surface area contributed by atoms with Gasteiger partial charge in [0.15, 0.2) is 11.6 Å². The Labute approximate surface area is 223 Å². The third-order valence-electron chi connectivity index (χ3n) is 7.78. The number of fused-ring (bicyclic) bond motifs is 2. The maximum Gasteiger partial charge on any atom is 0.286 e. The van der Waals surface area contributed by atoms with E-state index in [1.807, 2.05) is 19.1 Å². The summed E-state index contributed by atoms with van der Waals surface area (Å²) in [7, 11) is -7.94. The molecule has 1 atom stereocenters. The van der Waals surface area contributed by atoms with Gasteiger partial charge in [-0.2, -0.15) is 8.42 Å². The van der Waals surface area contributed by atoms with Crippen LogP contribution < -0.4 is 10.0 Å². The first kappa shape index (κ1) is 26.4. The summed E-state index contributed by atoms with van der Waals surface area (Å²) in [6.07, 6.45) is 8.29. The molecule has 0 aromatic heterocycles. The Kier molecular flexibility index (Phi) is 6.63. The first-order valence-electron chi connectivity index (χ1n) is 12.7. The third kappa shape index (κ3) is 4.84. The molecule has 1 fully saturated rings. The third-order valence-corrected chi connectivity index (χ3v) is 9.71. The van der Waals surface area contributed by atoms with Gasteiger partial charge in [0.2, 0.25) is 10.0 Å². The summed E-state index contributed by atoms with van der Waals surface area (Å²) < 4.78 is 55.7. The number of hydrogen-bond donors (Lipinski definition) is 3. The van der Waals surface area contributed by atoms with E-state index in [-0.39, 0.29) is 39.2 Å². The second kappa shape index (κ2) is 9.53. The molecule has 2 aliphatic carbocycles. The molecule has 3 aliphatic rings. The SMILES string of the molecule is CC1(CCC2CCCCC2)C(=O)C(C2=NS(=O)(=O)c3cc(NS(C)(=O)=O)ccc3N2)=C(O)c2ccccc21. The Bertz CT molecular complexity index is 1590. The van der Waals surface area contributed by atoms with Gasteiger partial charge in [0.25, 0.3) is 10.0 Å². The lowest BCUT2D eigenvalue weighted by Gasteiger charge is -2.37. The molecule has 1 aliphatic heterocycles. The van der Waals surface area contributed by atoms with Gasteiger partial charge in [-0.3, -0.25) is 9.52 Å². The molecule has 1 unspecified atom stereocenters. The molecular formula is C27H31N3O6S2. The van der Waals surface area contributed by atoms with Crippen LogP contribution in [0.5, 0.6) is 0 Å². The minimum atomic E-state index is -4.32. The highest BCUT2D eigenvalue weighted by molar-refractivity contribution is 7.92. The highest BCUT2D eigenvalue weighted by Crippen LogP contribution is 2.45. The average molecular weight is 558 g/mol. The van der Waals surface area contributed by atoms with E-state index in [4.69, 9.17) is 0 Å². The molecular weight excluding hydrogens is 526 g/mol. The number of ketones is 1. The maximum absolute atomic E-state index is 14.1. The monoisotopic (exact) mass is 557 g/mol. The van der Waals surface area contributed by atoms with Gasteiger partial charge in [-0.15, -0.1) is 4.40 Å². The van der Waals surface area contributed by atoms with Crippen molar-refractivity contribution in [2.45, 2.75) is 62.2 Å². The number of aliphatic hydroxyl groups excluding tert-OH is 1. The molecule has 0 spiro atoms. The predicted molar refractivity (Wildman–Crippen MR) is 147 cm³/mol. The van der Waals surface area contributed by atoms with Crippen LogP contribution in [-0.2, 0) is 30.3 Å².